The summed E-state index contributed by atoms with van der Waals surface area (Å²) in [6, 6.07) is -0.00231. The van der Waals surface area contributed by atoms with Crippen molar-refractivity contribution in [1.29, 1.82) is 0 Å². The first kappa shape index (κ1) is 10.4. The maximum absolute atomic E-state index is 10.8. The van der Waals surface area contributed by atoms with Crippen LogP contribution in [0.5, 0.6) is 0 Å². The Kier molecular flexibility index (Phi) is 2.90. The van der Waals surface area contributed by atoms with E-state index in [0.29, 0.717) is 5.92 Å². The molecule has 76 valence electrons. The first-order chi connectivity index (χ1) is 5.94. The second-order valence-corrected chi connectivity index (χ2v) is 3.90. The maximum atomic E-state index is 10.8. The van der Waals surface area contributed by atoms with Gasteiger partial charge in [-0.25, -0.2) is 0 Å². The highest BCUT2D eigenvalue weighted by atomic mass is 16.8. The molecule has 0 aromatic heterocycles. The minimum absolute atomic E-state index is 0.00231. The van der Waals surface area contributed by atoms with Crippen molar-refractivity contribution >= 4 is 5.91 Å². The summed E-state index contributed by atoms with van der Waals surface area (Å²) in [5.74, 6) is -2.18. The fourth-order valence-corrected chi connectivity index (χ4v) is 1.45. The van der Waals surface area contributed by atoms with E-state index in [1.54, 1.807) is 0 Å². The number of amides is 1. The zero-order chi connectivity index (χ0) is 10.1. The standard InChI is InChI=1S/C8H16N2O3/c1-5(2)3-6-4-8(12,7(9)11)13-10-6/h5-6,10,12H,3-4H2,1-2H3,(H2,9,11)/t6-,8+/m0/s1. The summed E-state index contributed by atoms with van der Waals surface area (Å²) in [7, 11) is 0. The molecule has 0 radical (unpaired) electrons. The minimum Gasteiger partial charge on any atom is -0.365 e. The van der Waals surface area contributed by atoms with Gasteiger partial charge in [-0.3, -0.25) is 9.63 Å². The van der Waals surface area contributed by atoms with Crippen molar-refractivity contribution in [3.63, 3.8) is 0 Å². The highest BCUT2D eigenvalue weighted by molar-refractivity contribution is 5.81. The molecule has 0 unspecified atom stereocenters. The van der Waals surface area contributed by atoms with E-state index in [1.807, 2.05) is 0 Å². The van der Waals surface area contributed by atoms with E-state index in [0.717, 1.165) is 6.42 Å². The van der Waals surface area contributed by atoms with Gasteiger partial charge in [0.05, 0.1) is 0 Å². The van der Waals surface area contributed by atoms with Gasteiger partial charge in [0.2, 0.25) is 0 Å². The fourth-order valence-electron chi connectivity index (χ4n) is 1.45. The molecular weight excluding hydrogens is 172 g/mol. The predicted molar refractivity (Wildman–Crippen MR) is 46.2 cm³/mol. The molecule has 1 fully saturated rings. The van der Waals surface area contributed by atoms with Crippen LogP contribution in [-0.2, 0) is 9.63 Å². The molecule has 5 heteroatoms. The third-order valence-electron chi connectivity index (χ3n) is 2.06. The molecule has 0 saturated carbocycles. The summed E-state index contributed by atoms with van der Waals surface area (Å²) >= 11 is 0. The largest absolute Gasteiger partial charge is 0.365 e. The number of carbonyl (C=O) groups excluding carboxylic acids is 1. The lowest BCUT2D eigenvalue weighted by Gasteiger charge is -2.14. The lowest BCUT2D eigenvalue weighted by atomic mass is 9.99. The van der Waals surface area contributed by atoms with Gasteiger partial charge in [-0.15, -0.1) is 0 Å². The molecule has 13 heavy (non-hydrogen) atoms. The van der Waals surface area contributed by atoms with Gasteiger partial charge in [0.15, 0.2) is 0 Å². The average molecular weight is 188 g/mol. The Morgan fingerprint density at radius 3 is 2.85 bits per heavy atom. The minimum atomic E-state index is -1.82. The first-order valence-electron chi connectivity index (χ1n) is 4.40. The van der Waals surface area contributed by atoms with E-state index in [2.05, 4.69) is 19.3 Å². The summed E-state index contributed by atoms with van der Waals surface area (Å²) in [5.41, 5.74) is 7.58. The molecule has 1 saturated heterocycles. The molecule has 5 nitrogen and oxygen atoms in total. The van der Waals surface area contributed by atoms with Gasteiger partial charge >= 0.3 is 0 Å². The van der Waals surface area contributed by atoms with Crippen LogP contribution < -0.4 is 11.2 Å². The number of nitrogens with two attached hydrogens (primary N) is 1. The normalized spacial score (nSPS) is 34.0. The number of hydrogen-bond donors (Lipinski definition) is 3. The molecule has 0 bridgehead atoms. The number of carbonyl (C=O) groups is 1. The monoisotopic (exact) mass is 188 g/mol. The van der Waals surface area contributed by atoms with Gasteiger partial charge in [0, 0.05) is 12.5 Å². The van der Waals surface area contributed by atoms with Crippen LogP contribution in [-0.4, -0.2) is 22.8 Å². The number of rotatable bonds is 3. The third kappa shape index (κ3) is 2.40. The van der Waals surface area contributed by atoms with Crippen molar-refractivity contribution in [2.75, 3.05) is 0 Å². The zero-order valence-electron chi connectivity index (χ0n) is 7.91. The topological polar surface area (TPSA) is 84.6 Å². The Morgan fingerprint density at radius 2 is 2.46 bits per heavy atom. The van der Waals surface area contributed by atoms with Crippen molar-refractivity contribution in [3.8, 4) is 0 Å². The molecule has 4 N–H and O–H groups in total. The van der Waals surface area contributed by atoms with E-state index in [1.165, 1.54) is 0 Å². The van der Waals surface area contributed by atoms with Crippen molar-refractivity contribution in [3.05, 3.63) is 0 Å². The number of nitrogens with one attached hydrogen (secondary N) is 1. The van der Waals surface area contributed by atoms with Gasteiger partial charge in [-0.05, 0) is 12.3 Å². The molecule has 1 rings (SSSR count). The summed E-state index contributed by atoms with van der Waals surface area (Å²) in [6.07, 6.45) is 1.07. The molecule has 1 amide bonds. The van der Waals surface area contributed by atoms with Crippen LogP contribution in [0.4, 0.5) is 0 Å². The van der Waals surface area contributed by atoms with Crippen molar-refractivity contribution in [1.82, 2.24) is 5.48 Å². The molecule has 2 atom stereocenters. The number of hydrogen-bond acceptors (Lipinski definition) is 4. The predicted octanol–water partition coefficient (Wildman–Crippen LogP) is -0.500. The molecule has 1 heterocycles. The molecule has 0 spiro atoms. The summed E-state index contributed by atoms with van der Waals surface area (Å²) in [4.78, 5) is 15.5. The van der Waals surface area contributed by atoms with Gasteiger partial charge in [0.1, 0.15) is 0 Å². The maximum Gasteiger partial charge on any atom is 0.279 e. The molecule has 0 aliphatic carbocycles. The van der Waals surface area contributed by atoms with Gasteiger partial charge in [0.25, 0.3) is 11.7 Å². The van der Waals surface area contributed by atoms with Crippen LogP contribution in [0.2, 0.25) is 0 Å². The van der Waals surface area contributed by atoms with Crippen LogP contribution in [0, 0.1) is 5.92 Å². The van der Waals surface area contributed by atoms with Crippen molar-refractivity contribution in [2.24, 2.45) is 11.7 Å². The second-order valence-electron chi connectivity index (χ2n) is 3.90. The molecule has 1 aliphatic heterocycles. The highest BCUT2D eigenvalue weighted by Crippen LogP contribution is 2.24. The van der Waals surface area contributed by atoms with Crippen LogP contribution >= 0.6 is 0 Å². The van der Waals surface area contributed by atoms with Crippen LogP contribution in [0.25, 0.3) is 0 Å². The van der Waals surface area contributed by atoms with E-state index in [9.17, 15) is 9.90 Å². The summed E-state index contributed by atoms with van der Waals surface area (Å²) < 4.78 is 0. The van der Waals surface area contributed by atoms with Gasteiger partial charge in [-0.2, -0.15) is 5.48 Å². The van der Waals surface area contributed by atoms with Crippen molar-refractivity contribution < 1.29 is 14.7 Å². The Morgan fingerprint density at radius 1 is 1.85 bits per heavy atom. The number of hydroxylamine groups is 1. The van der Waals surface area contributed by atoms with E-state index < -0.39 is 11.7 Å². The van der Waals surface area contributed by atoms with E-state index >= 15 is 0 Å². The number of aliphatic hydroxyl groups is 1. The molecular formula is C8H16N2O3. The number of primary amides is 1. The highest BCUT2D eigenvalue weighted by Gasteiger charge is 2.44. The van der Waals surface area contributed by atoms with Gasteiger partial charge in [-0.1, -0.05) is 13.8 Å². The molecule has 1 aliphatic rings. The summed E-state index contributed by atoms with van der Waals surface area (Å²) in [6.45, 7) is 4.12. The second kappa shape index (κ2) is 3.61. The SMILES string of the molecule is CC(C)C[C@H]1C[C@](O)(C(N)=O)ON1. The molecule has 0 aromatic rings. The van der Waals surface area contributed by atoms with Crippen molar-refractivity contribution in [2.45, 2.75) is 38.5 Å². The Hall–Kier alpha value is -0.650. The van der Waals surface area contributed by atoms with E-state index in [-0.39, 0.29) is 12.5 Å². The quantitative estimate of drug-likeness (QED) is 0.557. The first-order valence-corrected chi connectivity index (χ1v) is 4.40. The Bertz CT molecular complexity index is 208. The average Bonchev–Trinajstić information content (AvgIpc) is 2.32. The summed E-state index contributed by atoms with van der Waals surface area (Å²) in [5, 5.41) is 9.49. The lowest BCUT2D eigenvalue weighted by molar-refractivity contribution is -0.202. The van der Waals surface area contributed by atoms with E-state index in [4.69, 9.17) is 10.6 Å². The van der Waals surface area contributed by atoms with Gasteiger partial charge < -0.3 is 10.8 Å². The fraction of sp³-hybridized carbons (Fsp3) is 0.875. The third-order valence-corrected chi connectivity index (χ3v) is 2.06. The Labute approximate surface area is 77.2 Å². The lowest BCUT2D eigenvalue weighted by Crippen LogP contribution is -2.43. The zero-order valence-corrected chi connectivity index (χ0v) is 7.91. The smallest absolute Gasteiger partial charge is 0.279 e. The van der Waals surface area contributed by atoms with Crippen LogP contribution in [0.15, 0.2) is 0 Å². The molecule has 0 aromatic carbocycles. The van der Waals surface area contributed by atoms with Crippen LogP contribution in [0.3, 0.4) is 0 Å². The Balaban J connectivity index is 2.48. The van der Waals surface area contributed by atoms with Crippen LogP contribution in [0.1, 0.15) is 26.7 Å².